The zero-order chi connectivity index (χ0) is 11.5. The fourth-order valence-electron chi connectivity index (χ4n) is 1.28. The molecule has 0 fully saturated rings. The first kappa shape index (κ1) is 10.8. The second-order valence-electron chi connectivity index (χ2n) is 3.16. The van der Waals surface area contributed by atoms with Crippen LogP contribution in [0.25, 0.3) is 0 Å². The van der Waals surface area contributed by atoms with Crippen LogP contribution in [0.15, 0.2) is 35.8 Å². The molecule has 0 unspecified atom stereocenters. The van der Waals surface area contributed by atoms with Crippen molar-refractivity contribution in [3.05, 3.63) is 47.2 Å². The molecule has 2 rings (SSSR count). The third-order valence-electron chi connectivity index (χ3n) is 2.12. The van der Waals surface area contributed by atoms with Crippen molar-refractivity contribution in [2.24, 2.45) is 0 Å². The Morgan fingerprint density at radius 2 is 2.19 bits per heavy atom. The highest BCUT2D eigenvalue weighted by Crippen LogP contribution is 2.19. The minimum Gasteiger partial charge on any atom is -0.287 e. The van der Waals surface area contributed by atoms with E-state index >= 15 is 0 Å². The molecular formula is C11H9FN2OS. The second-order valence-corrected chi connectivity index (χ2v) is 4.03. The molecule has 0 saturated heterocycles. The number of hydrogen-bond acceptors (Lipinski definition) is 3. The van der Waals surface area contributed by atoms with E-state index in [2.05, 4.69) is 4.98 Å². The van der Waals surface area contributed by atoms with Gasteiger partial charge in [0.25, 0.3) is 5.91 Å². The average molecular weight is 236 g/mol. The molecule has 0 atom stereocenters. The Morgan fingerprint density at radius 1 is 1.44 bits per heavy atom. The molecule has 1 amide bonds. The first-order valence-electron chi connectivity index (χ1n) is 4.62. The number of anilines is 1. The summed E-state index contributed by atoms with van der Waals surface area (Å²) in [6, 6.07) is 5.91. The lowest BCUT2D eigenvalue weighted by atomic mass is 10.2. The maximum absolute atomic E-state index is 13.4. The van der Waals surface area contributed by atoms with Crippen molar-refractivity contribution in [3.63, 3.8) is 0 Å². The fourth-order valence-corrected chi connectivity index (χ4v) is 1.89. The minimum atomic E-state index is -0.518. The molecule has 0 aliphatic heterocycles. The highest BCUT2D eigenvalue weighted by molar-refractivity contribution is 7.13. The van der Waals surface area contributed by atoms with Crippen LogP contribution in [0.4, 0.5) is 9.52 Å². The highest BCUT2D eigenvalue weighted by atomic mass is 32.1. The van der Waals surface area contributed by atoms with Crippen LogP contribution in [0, 0.1) is 5.82 Å². The normalized spacial score (nSPS) is 10.1. The van der Waals surface area contributed by atoms with Gasteiger partial charge in [-0.25, -0.2) is 9.37 Å². The van der Waals surface area contributed by atoms with Gasteiger partial charge in [-0.05, 0) is 12.1 Å². The number of nitrogens with zero attached hydrogens (tertiary/aromatic N) is 2. The predicted molar refractivity (Wildman–Crippen MR) is 61.2 cm³/mol. The van der Waals surface area contributed by atoms with Gasteiger partial charge in [-0.1, -0.05) is 12.1 Å². The molecule has 0 radical (unpaired) electrons. The molecule has 16 heavy (non-hydrogen) atoms. The van der Waals surface area contributed by atoms with Gasteiger partial charge in [-0.2, -0.15) is 0 Å². The number of carbonyl (C=O) groups excluding carboxylic acids is 1. The molecule has 0 N–H and O–H groups in total. The lowest BCUT2D eigenvalue weighted by Crippen LogP contribution is -2.26. The Bertz CT molecular complexity index is 498. The standard InChI is InChI=1S/C11H9FN2OS/c1-14(11-13-6-7-16-11)10(15)8-4-2-3-5-9(8)12/h2-7H,1H3. The lowest BCUT2D eigenvalue weighted by Gasteiger charge is -2.13. The molecule has 0 aliphatic rings. The number of halogens is 1. The van der Waals surface area contributed by atoms with Crippen LogP contribution in [-0.2, 0) is 0 Å². The zero-order valence-electron chi connectivity index (χ0n) is 8.55. The van der Waals surface area contributed by atoms with Gasteiger partial charge in [0.2, 0.25) is 0 Å². The van der Waals surface area contributed by atoms with E-state index in [9.17, 15) is 9.18 Å². The zero-order valence-corrected chi connectivity index (χ0v) is 9.37. The largest absolute Gasteiger partial charge is 0.287 e. The van der Waals surface area contributed by atoms with E-state index in [4.69, 9.17) is 0 Å². The Hall–Kier alpha value is -1.75. The van der Waals surface area contributed by atoms with Crippen LogP contribution >= 0.6 is 11.3 Å². The Morgan fingerprint density at radius 3 is 2.81 bits per heavy atom. The maximum Gasteiger partial charge on any atom is 0.262 e. The van der Waals surface area contributed by atoms with Crippen LogP contribution in [0.3, 0.4) is 0 Å². The number of thiazole rings is 1. The summed E-state index contributed by atoms with van der Waals surface area (Å²) >= 11 is 1.33. The van der Waals surface area contributed by atoms with Crippen molar-refractivity contribution in [3.8, 4) is 0 Å². The molecule has 0 saturated carbocycles. The van der Waals surface area contributed by atoms with E-state index in [1.54, 1.807) is 30.8 Å². The van der Waals surface area contributed by atoms with Crippen molar-refractivity contribution in [1.82, 2.24) is 4.98 Å². The van der Waals surface area contributed by atoms with E-state index < -0.39 is 11.7 Å². The summed E-state index contributed by atoms with van der Waals surface area (Å²) < 4.78 is 13.4. The molecule has 1 aromatic heterocycles. The van der Waals surface area contributed by atoms with Gasteiger partial charge in [-0.15, -0.1) is 11.3 Å². The van der Waals surface area contributed by atoms with E-state index in [1.807, 2.05) is 0 Å². The van der Waals surface area contributed by atoms with Crippen LogP contribution < -0.4 is 4.90 Å². The summed E-state index contributed by atoms with van der Waals surface area (Å²) in [4.78, 5) is 17.2. The third kappa shape index (κ3) is 1.94. The molecular weight excluding hydrogens is 227 g/mol. The summed E-state index contributed by atoms with van der Waals surface area (Å²) in [7, 11) is 1.58. The smallest absolute Gasteiger partial charge is 0.262 e. The van der Waals surface area contributed by atoms with Crippen LogP contribution in [-0.4, -0.2) is 17.9 Å². The van der Waals surface area contributed by atoms with Gasteiger partial charge >= 0.3 is 0 Å². The van der Waals surface area contributed by atoms with Crippen molar-refractivity contribution in [2.75, 3.05) is 11.9 Å². The number of benzene rings is 1. The van der Waals surface area contributed by atoms with E-state index in [1.165, 1.54) is 28.4 Å². The van der Waals surface area contributed by atoms with Crippen molar-refractivity contribution < 1.29 is 9.18 Å². The molecule has 5 heteroatoms. The summed E-state index contributed by atoms with van der Waals surface area (Å²) in [6.45, 7) is 0. The predicted octanol–water partition coefficient (Wildman–Crippen LogP) is 2.56. The van der Waals surface area contributed by atoms with Gasteiger partial charge in [0.1, 0.15) is 5.82 Å². The number of amides is 1. The summed E-state index contributed by atoms with van der Waals surface area (Å²) in [5.74, 6) is -0.913. The molecule has 1 aromatic carbocycles. The van der Waals surface area contributed by atoms with Crippen LogP contribution in [0.1, 0.15) is 10.4 Å². The molecule has 2 aromatic rings. The van der Waals surface area contributed by atoms with Crippen molar-refractivity contribution >= 4 is 22.4 Å². The molecule has 0 bridgehead atoms. The molecule has 0 spiro atoms. The number of rotatable bonds is 2. The molecule has 1 heterocycles. The molecule has 0 aliphatic carbocycles. The Kier molecular flexibility index (Phi) is 2.96. The van der Waals surface area contributed by atoms with E-state index in [0.29, 0.717) is 5.13 Å². The maximum atomic E-state index is 13.4. The Balaban J connectivity index is 2.30. The SMILES string of the molecule is CN(C(=O)c1ccccc1F)c1nccs1. The third-order valence-corrected chi connectivity index (χ3v) is 2.96. The highest BCUT2D eigenvalue weighted by Gasteiger charge is 2.18. The topological polar surface area (TPSA) is 33.2 Å². The average Bonchev–Trinajstić information content (AvgIpc) is 2.81. The van der Waals surface area contributed by atoms with Gasteiger partial charge in [0.05, 0.1) is 5.56 Å². The fraction of sp³-hybridized carbons (Fsp3) is 0.0909. The first-order chi connectivity index (χ1) is 7.70. The lowest BCUT2D eigenvalue weighted by molar-refractivity contribution is 0.0989. The van der Waals surface area contributed by atoms with Crippen LogP contribution in [0.2, 0.25) is 0 Å². The van der Waals surface area contributed by atoms with Gasteiger partial charge in [-0.3, -0.25) is 9.69 Å². The second kappa shape index (κ2) is 4.40. The van der Waals surface area contributed by atoms with Crippen LogP contribution in [0.5, 0.6) is 0 Å². The van der Waals surface area contributed by atoms with E-state index in [-0.39, 0.29) is 5.56 Å². The van der Waals surface area contributed by atoms with Gasteiger partial charge < -0.3 is 0 Å². The quantitative estimate of drug-likeness (QED) is 0.802. The summed E-state index contributed by atoms with van der Waals surface area (Å²) in [5.41, 5.74) is 0.0557. The van der Waals surface area contributed by atoms with Gasteiger partial charge in [0, 0.05) is 18.6 Å². The Labute approximate surface area is 96.2 Å². The van der Waals surface area contributed by atoms with Crippen molar-refractivity contribution in [1.29, 1.82) is 0 Å². The number of hydrogen-bond donors (Lipinski definition) is 0. The van der Waals surface area contributed by atoms with E-state index in [0.717, 1.165) is 0 Å². The number of carbonyl (C=O) groups is 1. The first-order valence-corrected chi connectivity index (χ1v) is 5.50. The minimum absolute atomic E-state index is 0.0557. The monoisotopic (exact) mass is 236 g/mol. The number of aromatic nitrogens is 1. The summed E-state index contributed by atoms with van der Waals surface area (Å²) in [5, 5.41) is 2.31. The van der Waals surface area contributed by atoms with Crippen molar-refractivity contribution in [2.45, 2.75) is 0 Å². The molecule has 82 valence electrons. The molecule has 3 nitrogen and oxygen atoms in total. The summed E-state index contributed by atoms with van der Waals surface area (Å²) in [6.07, 6.45) is 1.60. The van der Waals surface area contributed by atoms with Gasteiger partial charge in [0.15, 0.2) is 5.13 Å².